The van der Waals surface area contributed by atoms with Crippen molar-refractivity contribution in [2.75, 3.05) is 0 Å². The molecule has 0 N–H and O–H groups in total. The predicted octanol–water partition coefficient (Wildman–Crippen LogP) is 4.33. The molecule has 0 unspecified atom stereocenters. The fourth-order valence-corrected chi connectivity index (χ4v) is 2.80. The highest BCUT2D eigenvalue weighted by molar-refractivity contribution is 5.76. The van der Waals surface area contributed by atoms with Gasteiger partial charge in [-0.25, -0.2) is 0 Å². The maximum atomic E-state index is 4.71. The first-order chi connectivity index (χ1) is 9.36. The Morgan fingerprint density at radius 2 is 2.00 bits per heavy atom. The monoisotopic (exact) mass is 249 g/mol. The molecule has 1 heteroatoms. The van der Waals surface area contributed by atoms with Crippen molar-refractivity contribution in [3.63, 3.8) is 0 Å². The molecule has 3 rings (SSSR count). The molecule has 0 amide bonds. The van der Waals surface area contributed by atoms with Crippen molar-refractivity contribution < 1.29 is 0 Å². The molecule has 0 saturated heterocycles. The summed E-state index contributed by atoms with van der Waals surface area (Å²) < 4.78 is 0. The maximum Gasteiger partial charge on any atom is 0.0739 e. The number of hydrogen-bond acceptors (Lipinski definition) is 1. The van der Waals surface area contributed by atoms with Gasteiger partial charge in [-0.05, 0) is 49.3 Å². The van der Waals surface area contributed by atoms with Crippen LogP contribution in [-0.2, 0) is 12.8 Å². The number of nitrogens with zero attached hydrogens (tertiary/aromatic N) is 1. The van der Waals surface area contributed by atoms with Gasteiger partial charge in [0.05, 0.1) is 5.69 Å². The molecule has 19 heavy (non-hydrogen) atoms. The summed E-state index contributed by atoms with van der Waals surface area (Å²) in [4.78, 5) is 4.71. The van der Waals surface area contributed by atoms with Gasteiger partial charge in [0.25, 0.3) is 0 Å². The molecule has 1 aromatic heterocycles. The van der Waals surface area contributed by atoms with E-state index in [1.807, 2.05) is 6.20 Å². The van der Waals surface area contributed by atoms with Crippen LogP contribution in [0.5, 0.6) is 0 Å². The first kappa shape index (κ1) is 12.2. The quantitative estimate of drug-likeness (QED) is 0.675. The molecule has 0 saturated carbocycles. The molecule has 0 atom stereocenters. The highest BCUT2D eigenvalue weighted by Gasteiger charge is 2.15. The fourth-order valence-electron chi connectivity index (χ4n) is 2.80. The van der Waals surface area contributed by atoms with E-state index < -0.39 is 0 Å². The van der Waals surface area contributed by atoms with Gasteiger partial charge in [-0.2, -0.15) is 0 Å². The Morgan fingerprint density at radius 3 is 2.95 bits per heavy atom. The van der Waals surface area contributed by atoms with E-state index in [-0.39, 0.29) is 0 Å². The Bertz CT molecular complexity index is 600. The van der Waals surface area contributed by atoms with Crippen molar-refractivity contribution in [3.8, 4) is 0 Å². The van der Waals surface area contributed by atoms with E-state index in [4.69, 9.17) is 4.98 Å². The zero-order chi connectivity index (χ0) is 13.1. The smallest absolute Gasteiger partial charge is 0.0739 e. The lowest BCUT2D eigenvalue weighted by molar-refractivity contribution is 0.966. The second-order valence-electron chi connectivity index (χ2n) is 5.15. The van der Waals surface area contributed by atoms with Crippen LogP contribution in [0.15, 0.2) is 48.7 Å². The van der Waals surface area contributed by atoms with E-state index in [2.05, 4.69) is 49.5 Å². The molecule has 1 aromatic rings. The summed E-state index contributed by atoms with van der Waals surface area (Å²) in [5.41, 5.74) is 6.64. The summed E-state index contributed by atoms with van der Waals surface area (Å²) >= 11 is 0. The molecule has 1 heterocycles. The van der Waals surface area contributed by atoms with Crippen molar-refractivity contribution in [2.45, 2.75) is 32.6 Å². The van der Waals surface area contributed by atoms with Crippen LogP contribution >= 0.6 is 0 Å². The topological polar surface area (TPSA) is 12.9 Å². The van der Waals surface area contributed by atoms with Crippen LogP contribution < -0.4 is 0 Å². The van der Waals surface area contributed by atoms with Gasteiger partial charge in [-0.15, -0.1) is 0 Å². The number of hydrogen-bond donors (Lipinski definition) is 0. The Hall–Kier alpha value is -1.89. The van der Waals surface area contributed by atoms with Crippen molar-refractivity contribution in [2.24, 2.45) is 0 Å². The molecular weight excluding hydrogens is 230 g/mol. The van der Waals surface area contributed by atoms with Crippen LogP contribution in [0.4, 0.5) is 0 Å². The summed E-state index contributed by atoms with van der Waals surface area (Å²) in [5, 5.41) is 0. The minimum absolute atomic E-state index is 1.01. The summed E-state index contributed by atoms with van der Waals surface area (Å²) in [5.74, 6) is 0. The molecule has 1 nitrogen and oxygen atoms in total. The Morgan fingerprint density at radius 1 is 1.05 bits per heavy atom. The largest absolute Gasteiger partial charge is 0.256 e. The van der Waals surface area contributed by atoms with Crippen molar-refractivity contribution in [1.82, 2.24) is 4.98 Å². The van der Waals surface area contributed by atoms with Crippen LogP contribution in [0.2, 0.25) is 0 Å². The third-order valence-corrected chi connectivity index (χ3v) is 3.82. The molecule has 2 aliphatic rings. The van der Waals surface area contributed by atoms with Gasteiger partial charge < -0.3 is 0 Å². The van der Waals surface area contributed by atoms with E-state index >= 15 is 0 Å². The number of rotatable bonds is 1. The first-order valence-electron chi connectivity index (χ1n) is 7.02. The number of fused-ring (bicyclic) bond motifs is 1. The second-order valence-corrected chi connectivity index (χ2v) is 5.15. The molecule has 2 aliphatic carbocycles. The minimum atomic E-state index is 1.01. The minimum Gasteiger partial charge on any atom is -0.256 e. The molecular formula is C18H19N. The van der Waals surface area contributed by atoms with Gasteiger partial charge in [0.15, 0.2) is 0 Å². The van der Waals surface area contributed by atoms with Gasteiger partial charge in [0.1, 0.15) is 0 Å². The summed E-state index contributed by atoms with van der Waals surface area (Å²) in [6.45, 7) is 2.18. The zero-order valence-electron chi connectivity index (χ0n) is 11.4. The van der Waals surface area contributed by atoms with Crippen LogP contribution in [0, 0.1) is 6.92 Å². The third kappa shape index (κ3) is 2.46. The summed E-state index contributed by atoms with van der Waals surface area (Å²) in [7, 11) is 0. The molecule has 0 spiro atoms. The maximum absolute atomic E-state index is 4.71. The molecule has 96 valence electrons. The fraction of sp³-hybridized carbons (Fsp3) is 0.278. The van der Waals surface area contributed by atoms with Crippen molar-refractivity contribution >= 4 is 5.57 Å². The highest BCUT2D eigenvalue weighted by atomic mass is 14.7. The van der Waals surface area contributed by atoms with Gasteiger partial charge in [0, 0.05) is 11.8 Å². The molecule has 0 aromatic carbocycles. The van der Waals surface area contributed by atoms with Gasteiger partial charge in [0.2, 0.25) is 0 Å². The molecule has 0 fully saturated rings. The Labute approximate surface area is 115 Å². The molecule has 0 aliphatic heterocycles. The van der Waals surface area contributed by atoms with E-state index in [1.54, 1.807) is 0 Å². The number of allylic oxidation sites excluding steroid dienone is 8. The zero-order valence-corrected chi connectivity index (χ0v) is 11.4. The van der Waals surface area contributed by atoms with E-state index in [9.17, 15) is 0 Å². The average Bonchev–Trinajstić information content (AvgIpc) is 2.81. The number of aromatic nitrogens is 1. The molecule has 0 bridgehead atoms. The number of aryl methyl sites for hydroxylation is 1. The van der Waals surface area contributed by atoms with Crippen LogP contribution in [0.25, 0.3) is 5.57 Å². The standard InChI is InChI=1S/C18H19N/c1-14-13-19-18(15-9-5-2-3-6-10-15)17-12-8-4-7-11-16(14)17/h2,4-6,8-10,13H,3,7,11-12H2,1H3. The normalized spacial score (nSPS) is 17.6. The average molecular weight is 249 g/mol. The van der Waals surface area contributed by atoms with Crippen LogP contribution in [0.3, 0.4) is 0 Å². The lowest BCUT2D eigenvalue weighted by atomic mass is 9.94. The Balaban J connectivity index is 2.14. The van der Waals surface area contributed by atoms with Gasteiger partial charge in [-0.3, -0.25) is 4.98 Å². The van der Waals surface area contributed by atoms with E-state index in [0.717, 1.165) is 31.4 Å². The van der Waals surface area contributed by atoms with E-state index in [0.29, 0.717) is 0 Å². The second kappa shape index (κ2) is 5.40. The summed E-state index contributed by atoms with van der Waals surface area (Å²) in [6.07, 6.45) is 21.8. The van der Waals surface area contributed by atoms with Gasteiger partial charge >= 0.3 is 0 Å². The SMILES string of the molecule is Cc1cnc(C2=CC=CCC=C2)c2c1CCC=CC2. The van der Waals surface area contributed by atoms with Crippen molar-refractivity contribution in [3.05, 3.63) is 71.1 Å². The van der Waals surface area contributed by atoms with E-state index in [1.165, 1.54) is 22.3 Å². The molecule has 0 radical (unpaired) electrons. The number of pyridine rings is 1. The summed E-state index contributed by atoms with van der Waals surface area (Å²) in [6, 6.07) is 0. The van der Waals surface area contributed by atoms with Gasteiger partial charge in [-0.1, -0.05) is 42.5 Å². The first-order valence-corrected chi connectivity index (χ1v) is 7.02. The third-order valence-electron chi connectivity index (χ3n) is 3.82. The van der Waals surface area contributed by atoms with Crippen LogP contribution in [0.1, 0.15) is 35.2 Å². The Kier molecular flexibility index (Phi) is 3.45. The lowest BCUT2D eigenvalue weighted by Crippen LogP contribution is -2.03. The lowest BCUT2D eigenvalue weighted by Gasteiger charge is -2.14. The van der Waals surface area contributed by atoms with Crippen molar-refractivity contribution in [1.29, 1.82) is 0 Å². The van der Waals surface area contributed by atoms with Crippen LogP contribution in [-0.4, -0.2) is 4.98 Å². The predicted molar refractivity (Wildman–Crippen MR) is 81.0 cm³/mol. The highest BCUT2D eigenvalue weighted by Crippen LogP contribution is 2.28.